The Hall–Kier alpha value is -1.31. The molecule has 0 aliphatic carbocycles. The van der Waals surface area contributed by atoms with Crippen LogP contribution in [0.1, 0.15) is 43.1 Å². The first-order valence-corrected chi connectivity index (χ1v) is 6.00. The van der Waals surface area contributed by atoms with Gasteiger partial charge in [0.05, 0.1) is 0 Å². The minimum atomic E-state index is 0.157. The summed E-state index contributed by atoms with van der Waals surface area (Å²) >= 11 is 0. The number of fused-ring (bicyclic) bond motifs is 1. The van der Waals surface area contributed by atoms with Gasteiger partial charge < -0.3 is 4.90 Å². The Morgan fingerprint density at radius 2 is 2.12 bits per heavy atom. The molecule has 0 fully saturated rings. The minimum absolute atomic E-state index is 0.157. The standard InChI is InChI=1S/C14H19NO/c1-10(2)15-8-4-5-13-9-12(11(3)16)6-7-14(13)15/h6-7,9-10H,4-5,8H2,1-3H3. The molecule has 0 atom stereocenters. The van der Waals surface area contributed by atoms with Crippen molar-refractivity contribution in [2.45, 2.75) is 39.7 Å². The van der Waals surface area contributed by atoms with E-state index >= 15 is 0 Å². The molecule has 2 heteroatoms. The highest BCUT2D eigenvalue weighted by Crippen LogP contribution is 2.29. The highest BCUT2D eigenvalue weighted by atomic mass is 16.1. The van der Waals surface area contributed by atoms with E-state index in [0.717, 1.165) is 18.5 Å². The number of hydrogen-bond acceptors (Lipinski definition) is 2. The first-order valence-electron chi connectivity index (χ1n) is 6.00. The van der Waals surface area contributed by atoms with Crippen molar-refractivity contribution in [2.75, 3.05) is 11.4 Å². The van der Waals surface area contributed by atoms with E-state index in [1.807, 2.05) is 6.07 Å². The van der Waals surface area contributed by atoms with Gasteiger partial charge in [-0.3, -0.25) is 4.79 Å². The number of rotatable bonds is 2. The molecule has 1 aliphatic rings. The average molecular weight is 217 g/mol. The molecule has 0 saturated heterocycles. The van der Waals surface area contributed by atoms with Crippen LogP contribution in [-0.2, 0) is 6.42 Å². The van der Waals surface area contributed by atoms with Crippen molar-refractivity contribution in [2.24, 2.45) is 0 Å². The maximum Gasteiger partial charge on any atom is 0.159 e. The molecule has 1 heterocycles. The zero-order chi connectivity index (χ0) is 11.7. The molecule has 1 aromatic carbocycles. The second kappa shape index (κ2) is 4.28. The van der Waals surface area contributed by atoms with Crippen LogP contribution in [0, 0.1) is 0 Å². The van der Waals surface area contributed by atoms with Crippen LogP contribution in [0.25, 0.3) is 0 Å². The van der Waals surface area contributed by atoms with Crippen LogP contribution in [0.2, 0.25) is 0 Å². The largest absolute Gasteiger partial charge is 0.369 e. The molecule has 1 aromatic rings. The number of nitrogens with zero attached hydrogens (tertiary/aromatic N) is 1. The fraction of sp³-hybridized carbons (Fsp3) is 0.500. The Morgan fingerprint density at radius 3 is 2.75 bits per heavy atom. The number of Topliss-reactive ketones (excluding diaryl/α,β-unsaturated/α-hetero) is 1. The van der Waals surface area contributed by atoms with E-state index in [1.54, 1.807) is 6.92 Å². The summed E-state index contributed by atoms with van der Waals surface area (Å²) in [6, 6.07) is 6.64. The molecule has 0 radical (unpaired) electrons. The highest BCUT2D eigenvalue weighted by molar-refractivity contribution is 5.94. The van der Waals surface area contributed by atoms with Gasteiger partial charge in [0.2, 0.25) is 0 Å². The molecule has 0 amide bonds. The number of carbonyl (C=O) groups excluding carboxylic acids is 1. The van der Waals surface area contributed by atoms with Crippen molar-refractivity contribution in [3.05, 3.63) is 29.3 Å². The van der Waals surface area contributed by atoms with Crippen molar-refractivity contribution in [3.63, 3.8) is 0 Å². The van der Waals surface area contributed by atoms with E-state index in [-0.39, 0.29) is 5.78 Å². The lowest BCUT2D eigenvalue weighted by molar-refractivity contribution is 0.101. The third-order valence-corrected chi connectivity index (χ3v) is 3.26. The van der Waals surface area contributed by atoms with Crippen LogP contribution in [-0.4, -0.2) is 18.4 Å². The smallest absolute Gasteiger partial charge is 0.159 e. The topological polar surface area (TPSA) is 20.3 Å². The summed E-state index contributed by atoms with van der Waals surface area (Å²) in [4.78, 5) is 13.8. The minimum Gasteiger partial charge on any atom is -0.369 e. The fourth-order valence-electron chi connectivity index (χ4n) is 2.38. The third-order valence-electron chi connectivity index (χ3n) is 3.26. The summed E-state index contributed by atoms with van der Waals surface area (Å²) in [5.41, 5.74) is 3.48. The van der Waals surface area contributed by atoms with Gasteiger partial charge in [-0.15, -0.1) is 0 Å². The zero-order valence-electron chi connectivity index (χ0n) is 10.3. The number of anilines is 1. The lowest BCUT2D eigenvalue weighted by Gasteiger charge is -2.34. The Morgan fingerprint density at radius 1 is 1.38 bits per heavy atom. The number of hydrogen-bond donors (Lipinski definition) is 0. The second-order valence-electron chi connectivity index (χ2n) is 4.79. The predicted octanol–water partition coefficient (Wildman–Crippen LogP) is 3.05. The van der Waals surface area contributed by atoms with Crippen LogP contribution in [0.5, 0.6) is 0 Å². The second-order valence-corrected chi connectivity index (χ2v) is 4.79. The van der Waals surface area contributed by atoms with Gasteiger partial charge in [-0.2, -0.15) is 0 Å². The summed E-state index contributed by atoms with van der Waals surface area (Å²) in [7, 11) is 0. The van der Waals surface area contributed by atoms with E-state index in [4.69, 9.17) is 0 Å². The van der Waals surface area contributed by atoms with Crippen LogP contribution >= 0.6 is 0 Å². The number of carbonyl (C=O) groups is 1. The van der Waals surface area contributed by atoms with Gasteiger partial charge in [0.25, 0.3) is 0 Å². The molecule has 0 saturated carbocycles. The summed E-state index contributed by atoms with van der Waals surface area (Å²) < 4.78 is 0. The highest BCUT2D eigenvalue weighted by Gasteiger charge is 2.19. The van der Waals surface area contributed by atoms with E-state index in [0.29, 0.717) is 6.04 Å². The molecule has 2 rings (SSSR count). The van der Waals surface area contributed by atoms with E-state index in [2.05, 4.69) is 30.9 Å². The molecule has 1 aliphatic heterocycles. The molecule has 86 valence electrons. The van der Waals surface area contributed by atoms with Gasteiger partial charge in [-0.1, -0.05) is 0 Å². The molecule has 16 heavy (non-hydrogen) atoms. The van der Waals surface area contributed by atoms with Crippen molar-refractivity contribution < 1.29 is 4.79 Å². The molecule has 0 unspecified atom stereocenters. The van der Waals surface area contributed by atoms with Crippen LogP contribution in [0.4, 0.5) is 5.69 Å². The van der Waals surface area contributed by atoms with Crippen molar-refractivity contribution in [1.82, 2.24) is 0 Å². The predicted molar refractivity (Wildman–Crippen MR) is 67.2 cm³/mol. The van der Waals surface area contributed by atoms with E-state index in [1.165, 1.54) is 17.7 Å². The normalized spacial score (nSPS) is 15.1. The first kappa shape index (κ1) is 11.2. The van der Waals surface area contributed by atoms with E-state index < -0.39 is 0 Å². The number of ketones is 1. The Balaban J connectivity index is 2.40. The first-order chi connectivity index (χ1) is 7.59. The third kappa shape index (κ3) is 1.97. The lowest BCUT2D eigenvalue weighted by atomic mass is 9.97. The molecule has 0 spiro atoms. The molecule has 2 nitrogen and oxygen atoms in total. The molecule has 0 bridgehead atoms. The van der Waals surface area contributed by atoms with E-state index in [9.17, 15) is 4.79 Å². The molecular formula is C14H19NO. The molecule has 0 aromatic heterocycles. The Labute approximate surface area is 97.3 Å². The number of aryl methyl sites for hydroxylation is 1. The van der Waals surface area contributed by atoms with Gasteiger partial charge in [0, 0.05) is 23.8 Å². The summed E-state index contributed by atoms with van der Waals surface area (Å²) in [5, 5.41) is 0. The van der Waals surface area contributed by atoms with Gasteiger partial charge >= 0.3 is 0 Å². The molecular weight excluding hydrogens is 198 g/mol. The maximum atomic E-state index is 11.3. The Bertz CT molecular complexity index is 409. The van der Waals surface area contributed by atoms with Crippen molar-refractivity contribution in [1.29, 1.82) is 0 Å². The number of benzene rings is 1. The Kier molecular flexibility index (Phi) is 2.99. The summed E-state index contributed by atoms with van der Waals surface area (Å²) in [6.07, 6.45) is 2.28. The van der Waals surface area contributed by atoms with Gasteiger partial charge in [0.15, 0.2) is 5.78 Å². The fourth-order valence-corrected chi connectivity index (χ4v) is 2.38. The molecule has 0 N–H and O–H groups in total. The van der Waals surface area contributed by atoms with Crippen LogP contribution in [0.15, 0.2) is 18.2 Å². The summed E-state index contributed by atoms with van der Waals surface area (Å²) in [5.74, 6) is 0.157. The quantitative estimate of drug-likeness (QED) is 0.710. The van der Waals surface area contributed by atoms with Gasteiger partial charge in [0.1, 0.15) is 0 Å². The SMILES string of the molecule is CC(=O)c1ccc2c(c1)CCCN2C(C)C. The van der Waals surface area contributed by atoms with Crippen molar-refractivity contribution in [3.8, 4) is 0 Å². The van der Waals surface area contributed by atoms with Gasteiger partial charge in [-0.05, 0) is 57.4 Å². The van der Waals surface area contributed by atoms with Crippen LogP contribution in [0.3, 0.4) is 0 Å². The lowest BCUT2D eigenvalue weighted by Crippen LogP contribution is -2.35. The zero-order valence-corrected chi connectivity index (χ0v) is 10.3. The van der Waals surface area contributed by atoms with Crippen molar-refractivity contribution >= 4 is 11.5 Å². The van der Waals surface area contributed by atoms with Gasteiger partial charge in [-0.25, -0.2) is 0 Å². The summed E-state index contributed by atoms with van der Waals surface area (Å²) in [6.45, 7) is 7.19. The monoisotopic (exact) mass is 217 g/mol. The van der Waals surface area contributed by atoms with Crippen LogP contribution < -0.4 is 4.90 Å². The maximum absolute atomic E-state index is 11.3. The average Bonchev–Trinajstić information content (AvgIpc) is 2.27.